The van der Waals surface area contributed by atoms with Crippen LogP contribution in [0.5, 0.6) is 0 Å². The van der Waals surface area contributed by atoms with E-state index in [2.05, 4.69) is 90.9 Å². The summed E-state index contributed by atoms with van der Waals surface area (Å²) in [6.07, 6.45) is 51.5. The molecule has 4 nitrogen and oxygen atoms in total. The van der Waals surface area contributed by atoms with Gasteiger partial charge in [0, 0.05) is 19.8 Å². The van der Waals surface area contributed by atoms with Gasteiger partial charge in [-0.05, 0) is 163 Å². The summed E-state index contributed by atoms with van der Waals surface area (Å²) in [4.78, 5) is 2.22. The van der Waals surface area contributed by atoms with Crippen LogP contribution in [0.3, 0.4) is 0 Å². The molecular weight excluding hydrogens is 759 g/mol. The number of unbranched alkanes of at least 4 members (excludes halogenated alkanes) is 15. The predicted octanol–water partition coefficient (Wildman–Crippen LogP) is 16.5. The Labute approximate surface area is 387 Å². The van der Waals surface area contributed by atoms with E-state index < -0.39 is 0 Å². The number of fused-ring (bicyclic) bond motifs is 5. The maximum atomic E-state index is 6.61. The third-order valence-electron chi connectivity index (χ3n) is 16.9. The van der Waals surface area contributed by atoms with Gasteiger partial charge in [0.25, 0.3) is 0 Å². The molecule has 4 aliphatic rings. The molecule has 3 fully saturated rings. The van der Waals surface area contributed by atoms with Crippen molar-refractivity contribution in [2.45, 2.75) is 240 Å². The van der Waals surface area contributed by atoms with E-state index >= 15 is 0 Å². The zero-order valence-electron chi connectivity index (χ0n) is 42.7. The van der Waals surface area contributed by atoms with Gasteiger partial charge in [-0.1, -0.05) is 161 Å². The molecular formula is C58H105NO3. The number of hydrogen-bond donors (Lipinski definition) is 0. The Balaban J connectivity index is 0.987. The first-order valence-corrected chi connectivity index (χ1v) is 27.5. The molecule has 2 unspecified atom stereocenters. The molecule has 0 aromatic rings. The molecule has 4 rings (SSSR count). The molecule has 0 aliphatic heterocycles. The highest BCUT2D eigenvalue weighted by Crippen LogP contribution is 2.67. The fourth-order valence-corrected chi connectivity index (χ4v) is 13.2. The van der Waals surface area contributed by atoms with Crippen molar-refractivity contribution >= 4 is 0 Å². The molecule has 3 saturated carbocycles. The molecule has 0 heterocycles. The van der Waals surface area contributed by atoms with Crippen LogP contribution in [0.1, 0.15) is 228 Å². The van der Waals surface area contributed by atoms with Crippen molar-refractivity contribution < 1.29 is 14.2 Å². The summed E-state index contributed by atoms with van der Waals surface area (Å²) < 4.78 is 18.9. The first-order valence-electron chi connectivity index (χ1n) is 27.5. The molecule has 0 spiro atoms. The summed E-state index contributed by atoms with van der Waals surface area (Å²) in [5, 5.41) is 0. The third kappa shape index (κ3) is 18.4. The molecule has 62 heavy (non-hydrogen) atoms. The van der Waals surface area contributed by atoms with Gasteiger partial charge in [0.2, 0.25) is 0 Å². The van der Waals surface area contributed by atoms with Crippen LogP contribution < -0.4 is 0 Å². The molecule has 4 heteroatoms. The van der Waals surface area contributed by atoms with E-state index in [4.69, 9.17) is 14.2 Å². The highest BCUT2D eigenvalue weighted by Gasteiger charge is 2.59. The molecule has 0 saturated heterocycles. The van der Waals surface area contributed by atoms with Crippen molar-refractivity contribution in [3.8, 4) is 0 Å². The smallest absolute Gasteiger partial charge is 0.0934 e. The maximum absolute atomic E-state index is 6.61. The second kappa shape index (κ2) is 30.4. The van der Waals surface area contributed by atoms with Crippen molar-refractivity contribution in [2.75, 3.05) is 47.1 Å². The first kappa shape index (κ1) is 53.7. The van der Waals surface area contributed by atoms with Crippen LogP contribution in [0.25, 0.3) is 0 Å². The zero-order chi connectivity index (χ0) is 44.5. The van der Waals surface area contributed by atoms with Crippen LogP contribution in [0, 0.1) is 46.3 Å². The largest absolute Gasteiger partial charge is 0.378 e. The summed E-state index contributed by atoms with van der Waals surface area (Å²) in [6, 6.07) is 0. The Bertz CT molecular complexity index is 1240. The second-order valence-corrected chi connectivity index (χ2v) is 22.6. The molecule has 0 N–H and O–H groups in total. The van der Waals surface area contributed by atoms with Crippen molar-refractivity contribution in [3.63, 3.8) is 0 Å². The molecule has 0 amide bonds. The molecule has 360 valence electrons. The van der Waals surface area contributed by atoms with Gasteiger partial charge in [0.15, 0.2) is 0 Å². The summed E-state index contributed by atoms with van der Waals surface area (Å²) in [5.41, 5.74) is 2.79. The highest BCUT2D eigenvalue weighted by atomic mass is 16.5. The topological polar surface area (TPSA) is 30.9 Å². The van der Waals surface area contributed by atoms with E-state index in [0.717, 1.165) is 68.1 Å². The van der Waals surface area contributed by atoms with E-state index in [-0.39, 0.29) is 6.10 Å². The second-order valence-electron chi connectivity index (χ2n) is 22.6. The fourth-order valence-electron chi connectivity index (χ4n) is 13.2. The van der Waals surface area contributed by atoms with Gasteiger partial charge in [-0.15, -0.1) is 0 Å². The lowest BCUT2D eigenvalue weighted by molar-refractivity contribution is -0.0641. The molecule has 0 aromatic heterocycles. The summed E-state index contributed by atoms with van der Waals surface area (Å²) in [7, 11) is 4.26. The van der Waals surface area contributed by atoms with Crippen molar-refractivity contribution in [1.29, 1.82) is 0 Å². The van der Waals surface area contributed by atoms with Crippen LogP contribution in [0.4, 0.5) is 0 Å². The van der Waals surface area contributed by atoms with Crippen LogP contribution >= 0.6 is 0 Å². The molecule has 0 radical (unpaired) electrons. The van der Waals surface area contributed by atoms with Gasteiger partial charge in [0.1, 0.15) is 0 Å². The Morgan fingerprint density at radius 1 is 0.694 bits per heavy atom. The Kier molecular flexibility index (Phi) is 26.3. The fraction of sp³-hybridized carbons (Fsp3) is 0.897. The standard InChI is InChI=1S/C58H105NO3/c1-9-10-11-12-13-14-15-16-17-18-19-20-21-22-25-28-42-60-47-52(46-59(7)8)62-44-30-27-24-23-26-29-43-61-51-38-40-57(5)50(45-51)34-35-53-55-37-36-54(49(4)33-31-32-48(2)3)58(55,6)41-39-56(53)57/h16-17,25,28,34,48-49,51-56H,9-15,18-24,26-27,29-33,35-47H2,1-8H3/b17-16-,28-25?/t49-,51?,52?,53+,54-,55+,56+,57+,58-/m1/s1. The minimum atomic E-state index is 0.143. The molecule has 4 aliphatic carbocycles. The van der Waals surface area contributed by atoms with E-state index in [0.29, 0.717) is 30.1 Å². The minimum Gasteiger partial charge on any atom is -0.378 e. The number of ether oxygens (including phenoxy) is 3. The number of hydrogen-bond acceptors (Lipinski definition) is 4. The lowest BCUT2D eigenvalue weighted by Gasteiger charge is -2.58. The van der Waals surface area contributed by atoms with Crippen molar-refractivity contribution in [2.24, 2.45) is 46.3 Å². The third-order valence-corrected chi connectivity index (χ3v) is 16.9. The van der Waals surface area contributed by atoms with E-state index in [1.807, 2.05) is 0 Å². The number of rotatable bonds is 35. The minimum absolute atomic E-state index is 0.143. The van der Waals surface area contributed by atoms with Crippen molar-refractivity contribution in [1.82, 2.24) is 4.90 Å². The normalized spacial score (nSPS) is 28.5. The monoisotopic (exact) mass is 864 g/mol. The van der Waals surface area contributed by atoms with Gasteiger partial charge < -0.3 is 19.1 Å². The van der Waals surface area contributed by atoms with E-state index in [1.165, 1.54) is 173 Å². The summed E-state index contributed by atoms with van der Waals surface area (Å²) in [6.45, 7) is 19.2. The Hall–Kier alpha value is -0.940. The Morgan fingerprint density at radius 2 is 1.34 bits per heavy atom. The van der Waals surface area contributed by atoms with Crippen LogP contribution in [-0.4, -0.2) is 64.2 Å². The number of allylic oxidation sites excluding steroid dienone is 4. The molecule has 0 aromatic carbocycles. The van der Waals surface area contributed by atoms with E-state index in [1.54, 1.807) is 5.57 Å². The summed E-state index contributed by atoms with van der Waals surface area (Å²) in [5.74, 6) is 5.48. The van der Waals surface area contributed by atoms with Gasteiger partial charge in [0.05, 0.1) is 25.4 Å². The highest BCUT2D eigenvalue weighted by molar-refractivity contribution is 5.25. The number of nitrogens with zero attached hydrogens (tertiary/aromatic N) is 1. The van der Waals surface area contributed by atoms with Gasteiger partial charge in [-0.2, -0.15) is 0 Å². The summed E-state index contributed by atoms with van der Waals surface area (Å²) >= 11 is 0. The average Bonchev–Trinajstić information content (AvgIpc) is 3.60. The lowest BCUT2D eigenvalue weighted by atomic mass is 9.47. The first-order chi connectivity index (χ1) is 30.1. The average molecular weight is 864 g/mol. The SMILES string of the molecule is CCCCCCCC/C=C\CCCCCC=CCOCC(CN(C)C)OCCCCCCCCOC1CC[C@@]2(C)C(=CC[C@H]3[C@@H]4CC[C@H]([C@H](C)CCCC(C)C)[C@@]4(C)CC[C@@H]32)C1. The zero-order valence-corrected chi connectivity index (χ0v) is 42.7. The van der Waals surface area contributed by atoms with Gasteiger partial charge in [-0.3, -0.25) is 0 Å². The molecule has 9 atom stereocenters. The predicted molar refractivity (Wildman–Crippen MR) is 269 cm³/mol. The van der Waals surface area contributed by atoms with Gasteiger partial charge in [-0.25, -0.2) is 0 Å². The number of likely N-dealkylation sites (N-methyl/N-ethyl adjacent to an activating group) is 1. The molecule has 0 bridgehead atoms. The van der Waals surface area contributed by atoms with E-state index in [9.17, 15) is 0 Å². The quantitative estimate of drug-likeness (QED) is 0.0469. The van der Waals surface area contributed by atoms with Crippen molar-refractivity contribution in [3.05, 3.63) is 36.0 Å². The van der Waals surface area contributed by atoms with Crippen LogP contribution in [0.15, 0.2) is 36.0 Å². The van der Waals surface area contributed by atoms with Crippen LogP contribution in [0.2, 0.25) is 0 Å². The Morgan fingerprint density at radius 3 is 2.03 bits per heavy atom. The maximum Gasteiger partial charge on any atom is 0.0934 e. The lowest BCUT2D eigenvalue weighted by Crippen LogP contribution is -2.51. The van der Waals surface area contributed by atoms with Crippen LogP contribution in [-0.2, 0) is 14.2 Å². The van der Waals surface area contributed by atoms with Gasteiger partial charge >= 0.3 is 0 Å².